The molecule has 6 heteroatoms. The lowest BCUT2D eigenvalue weighted by molar-refractivity contribution is 0.179. The minimum atomic E-state index is -0.170. The number of fused-ring (bicyclic) bond motifs is 1. The number of nitrogens with one attached hydrogen (secondary N) is 2. The van der Waals surface area contributed by atoms with Crippen LogP contribution in [-0.2, 0) is 13.1 Å². The quantitative estimate of drug-likeness (QED) is 0.671. The highest BCUT2D eigenvalue weighted by molar-refractivity contribution is 5.80. The minimum Gasteiger partial charge on any atom is -0.467 e. The molecule has 1 aromatic carbocycles. The number of hydrogen-bond donors (Lipinski definition) is 2. The highest BCUT2D eigenvalue weighted by Gasteiger charge is 2.22. The summed E-state index contributed by atoms with van der Waals surface area (Å²) in [6.45, 7) is 2.56. The van der Waals surface area contributed by atoms with Crippen molar-refractivity contribution in [1.29, 1.82) is 0 Å². The zero-order valence-corrected chi connectivity index (χ0v) is 16.7. The molecule has 3 aromatic rings. The number of aromatic nitrogens is 1. The van der Waals surface area contributed by atoms with Crippen LogP contribution in [0.25, 0.3) is 10.9 Å². The number of rotatable bonds is 5. The molecule has 2 amide bonds. The maximum Gasteiger partial charge on any atom is 0.318 e. The lowest BCUT2D eigenvalue weighted by atomic mass is 9.96. The van der Waals surface area contributed by atoms with E-state index < -0.39 is 0 Å². The van der Waals surface area contributed by atoms with Gasteiger partial charge in [0.25, 0.3) is 5.56 Å². The van der Waals surface area contributed by atoms with Crippen LogP contribution in [0.2, 0.25) is 0 Å². The fourth-order valence-electron chi connectivity index (χ4n) is 4.00. The molecule has 0 unspecified atom stereocenters. The summed E-state index contributed by atoms with van der Waals surface area (Å²) in [5.74, 6) is 0.692. The lowest BCUT2D eigenvalue weighted by Crippen LogP contribution is -2.45. The molecule has 1 saturated carbocycles. The summed E-state index contributed by atoms with van der Waals surface area (Å²) in [5, 5.41) is 4.11. The van der Waals surface area contributed by atoms with E-state index in [4.69, 9.17) is 4.42 Å². The van der Waals surface area contributed by atoms with Gasteiger partial charge >= 0.3 is 6.03 Å². The topological polar surface area (TPSA) is 78.3 Å². The van der Waals surface area contributed by atoms with Crippen molar-refractivity contribution in [2.45, 2.75) is 58.2 Å². The highest BCUT2D eigenvalue weighted by atomic mass is 16.3. The van der Waals surface area contributed by atoms with Crippen molar-refractivity contribution < 1.29 is 9.21 Å². The molecule has 1 aliphatic rings. The fourth-order valence-corrected chi connectivity index (χ4v) is 4.00. The molecule has 0 saturated heterocycles. The number of carbonyl (C=O) groups excluding carboxylic acids is 1. The van der Waals surface area contributed by atoms with Gasteiger partial charge in [-0.05, 0) is 55.5 Å². The van der Waals surface area contributed by atoms with E-state index in [1.165, 1.54) is 6.42 Å². The van der Waals surface area contributed by atoms with E-state index in [9.17, 15) is 9.59 Å². The Hall–Kier alpha value is -3.02. The van der Waals surface area contributed by atoms with Crippen LogP contribution in [0.3, 0.4) is 0 Å². The van der Waals surface area contributed by atoms with Crippen molar-refractivity contribution in [3.8, 4) is 0 Å². The second-order valence-corrected chi connectivity index (χ2v) is 7.93. The highest BCUT2D eigenvalue weighted by Crippen LogP contribution is 2.19. The molecule has 2 heterocycles. The Balaban J connectivity index is 1.58. The number of aryl methyl sites for hydroxylation is 1. The van der Waals surface area contributed by atoms with Crippen molar-refractivity contribution in [2.24, 2.45) is 0 Å². The Morgan fingerprint density at radius 2 is 2.00 bits per heavy atom. The number of hydrogen-bond acceptors (Lipinski definition) is 3. The van der Waals surface area contributed by atoms with E-state index in [0.717, 1.165) is 42.1 Å². The first-order valence-corrected chi connectivity index (χ1v) is 10.3. The predicted molar refractivity (Wildman–Crippen MR) is 113 cm³/mol. The molecule has 29 heavy (non-hydrogen) atoms. The first-order valence-electron chi connectivity index (χ1n) is 10.3. The normalized spacial score (nSPS) is 14.8. The summed E-state index contributed by atoms with van der Waals surface area (Å²) >= 11 is 0. The number of benzene rings is 1. The third-order valence-corrected chi connectivity index (χ3v) is 5.58. The van der Waals surface area contributed by atoms with E-state index >= 15 is 0 Å². The third kappa shape index (κ3) is 4.70. The van der Waals surface area contributed by atoms with Crippen molar-refractivity contribution >= 4 is 16.9 Å². The van der Waals surface area contributed by atoms with Gasteiger partial charge in [0.15, 0.2) is 0 Å². The van der Waals surface area contributed by atoms with Crippen LogP contribution in [-0.4, -0.2) is 22.0 Å². The molecular weight excluding hydrogens is 366 g/mol. The van der Waals surface area contributed by atoms with E-state index in [1.807, 2.05) is 37.3 Å². The summed E-state index contributed by atoms with van der Waals surface area (Å²) in [4.78, 5) is 30.2. The van der Waals surface area contributed by atoms with Gasteiger partial charge in [-0.1, -0.05) is 30.9 Å². The summed E-state index contributed by atoms with van der Waals surface area (Å²) < 4.78 is 5.45. The summed E-state index contributed by atoms with van der Waals surface area (Å²) in [6.07, 6.45) is 7.14. The molecule has 2 N–H and O–H groups in total. The van der Waals surface area contributed by atoms with Gasteiger partial charge < -0.3 is 19.6 Å². The monoisotopic (exact) mass is 393 g/mol. The number of pyridine rings is 1. The first-order chi connectivity index (χ1) is 14.1. The van der Waals surface area contributed by atoms with Crippen LogP contribution in [0.4, 0.5) is 4.79 Å². The van der Waals surface area contributed by atoms with E-state index in [1.54, 1.807) is 17.2 Å². The molecule has 6 nitrogen and oxygen atoms in total. The zero-order chi connectivity index (χ0) is 20.2. The molecule has 0 radical (unpaired) electrons. The maximum atomic E-state index is 13.0. The maximum absolute atomic E-state index is 13.0. The van der Waals surface area contributed by atoms with Crippen LogP contribution in [0.15, 0.2) is 51.9 Å². The Labute approximate surface area is 169 Å². The van der Waals surface area contributed by atoms with Crippen molar-refractivity contribution in [3.63, 3.8) is 0 Å². The summed E-state index contributed by atoms with van der Waals surface area (Å²) in [7, 11) is 0. The third-order valence-electron chi connectivity index (χ3n) is 5.58. The number of amides is 2. The van der Waals surface area contributed by atoms with E-state index in [2.05, 4.69) is 10.3 Å². The van der Waals surface area contributed by atoms with Crippen molar-refractivity contribution in [3.05, 3.63) is 69.9 Å². The largest absolute Gasteiger partial charge is 0.467 e. The number of H-pyrrole nitrogens is 1. The van der Waals surface area contributed by atoms with Crippen LogP contribution in [0.5, 0.6) is 0 Å². The number of nitrogens with zero attached hydrogens (tertiary/aromatic N) is 1. The molecule has 2 aromatic heterocycles. The standard InChI is InChI=1S/C23H27N3O3/c1-16-9-10-21-17(12-16)13-18(22(27)25-21)14-26(15-20-8-5-11-29-20)23(28)24-19-6-3-2-4-7-19/h5,8-13,19H,2-4,6-7,14-15H2,1H3,(H,24,28)(H,25,27). The molecule has 4 rings (SSSR count). The SMILES string of the molecule is Cc1ccc2[nH]c(=O)c(CN(Cc3ccco3)C(=O)NC3CCCCC3)cc2c1. The van der Waals surface area contributed by atoms with Crippen molar-refractivity contribution in [2.75, 3.05) is 0 Å². The smallest absolute Gasteiger partial charge is 0.318 e. The van der Waals surface area contributed by atoms with Gasteiger partial charge in [-0.15, -0.1) is 0 Å². The summed E-state index contributed by atoms with van der Waals surface area (Å²) in [5.41, 5.74) is 2.32. The Morgan fingerprint density at radius 1 is 1.17 bits per heavy atom. The van der Waals surface area contributed by atoms with E-state index in [0.29, 0.717) is 17.9 Å². The van der Waals surface area contributed by atoms with Gasteiger partial charge in [0.05, 0.1) is 19.4 Å². The molecule has 0 bridgehead atoms. The second-order valence-electron chi connectivity index (χ2n) is 7.93. The van der Waals surface area contributed by atoms with Crippen LogP contribution in [0, 0.1) is 6.92 Å². The van der Waals surface area contributed by atoms with Crippen LogP contribution >= 0.6 is 0 Å². The Kier molecular flexibility index (Phi) is 5.69. The van der Waals surface area contributed by atoms with Crippen molar-refractivity contribution in [1.82, 2.24) is 15.2 Å². The lowest BCUT2D eigenvalue weighted by Gasteiger charge is -2.28. The molecule has 1 aliphatic carbocycles. The summed E-state index contributed by atoms with van der Waals surface area (Å²) in [6, 6.07) is 11.5. The molecule has 152 valence electrons. The molecule has 1 fully saturated rings. The predicted octanol–water partition coefficient (Wildman–Crippen LogP) is 4.47. The van der Waals surface area contributed by atoms with Gasteiger partial charge in [-0.2, -0.15) is 0 Å². The van der Waals surface area contributed by atoms with Crippen LogP contribution < -0.4 is 10.9 Å². The number of furan rings is 1. The number of aromatic amines is 1. The molecular formula is C23H27N3O3. The van der Waals surface area contributed by atoms with Gasteiger partial charge in [-0.25, -0.2) is 4.79 Å². The van der Waals surface area contributed by atoms with E-state index in [-0.39, 0.29) is 24.2 Å². The van der Waals surface area contributed by atoms with Gasteiger partial charge in [0.2, 0.25) is 0 Å². The second kappa shape index (κ2) is 8.55. The molecule has 0 aliphatic heterocycles. The van der Waals surface area contributed by atoms with Crippen LogP contribution in [0.1, 0.15) is 49.0 Å². The zero-order valence-electron chi connectivity index (χ0n) is 16.7. The van der Waals surface area contributed by atoms with Gasteiger partial charge in [0.1, 0.15) is 5.76 Å². The number of urea groups is 1. The first kappa shape index (κ1) is 19.3. The van der Waals surface area contributed by atoms with Gasteiger partial charge in [0, 0.05) is 17.1 Å². The molecule has 0 spiro atoms. The fraction of sp³-hybridized carbons (Fsp3) is 0.391. The number of carbonyl (C=O) groups is 1. The molecule has 0 atom stereocenters. The Morgan fingerprint density at radius 3 is 2.76 bits per heavy atom. The Bertz CT molecular complexity index is 1030. The van der Waals surface area contributed by atoms with Gasteiger partial charge in [-0.3, -0.25) is 4.79 Å². The average molecular weight is 393 g/mol. The average Bonchev–Trinajstić information content (AvgIpc) is 3.22. The minimum absolute atomic E-state index is 0.156.